The van der Waals surface area contributed by atoms with Gasteiger partial charge in [-0.15, -0.1) is 0 Å². The van der Waals surface area contributed by atoms with Gasteiger partial charge in [-0.3, -0.25) is 14.1 Å². The summed E-state index contributed by atoms with van der Waals surface area (Å²) in [5.41, 5.74) is 2.08. The number of anilines is 2. The van der Waals surface area contributed by atoms with Gasteiger partial charge in [0.1, 0.15) is 25.5 Å². The molecule has 11 nitrogen and oxygen atoms in total. The molecule has 0 aliphatic carbocycles. The van der Waals surface area contributed by atoms with Gasteiger partial charge in [-0.1, -0.05) is 0 Å². The Kier molecular flexibility index (Phi) is 8.95. The molecule has 3 aliphatic heterocycles. The molecule has 1 saturated heterocycles. The molecule has 0 radical (unpaired) electrons. The van der Waals surface area contributed by atoms with Gasteiger partial charge in [0.25, 0.3) is 0 Å². The van der Waals surface area contributed by atoms with Gasteiger partial charge in [0, 0.05) is 31.3 Å². The summed E-state index contributed by atoms with van der Waals surface area (Å²) in [7, 11) is 0.226. The zero-order valence-electron chi connectivity index (χ0n) is 22.5. The molecule has 0 unspecified atom stereocenters. The van der Waals surface area contributed by atoms with Crippen LogP contribution < -0.4 is 28.7 Å². The number of amides is 1. The summed E-state index contributed by atoms with van der Waals surface area (Å²) in [5, 5.41) is 3.58. The number of hydrogen-bond donors (Lipinski definition) is 1. The van der Waals surface area contributed by atoms with E-state index in [-0.39, 0.29) is 12.5 Å². The van der Waals surface area contributed by atoms with Gasteiger partial charge in [0.05, 0.1) is 36.6 Å². The number of benzene rings is 1. The first kappa shape index (κ1) is 27.9. The van der Waals surface area contributed by atoms with Crippen molar-refractivity contribution in [3.05, 3.63) is 36.2 Å². The minimum atomic E-state index is -3.48. The number of piperidine rings is 1. The van der Waals surface area contributed by atoms with Crippen molar-refractivity contribution in [3.8, 4) is 17.2 Å². The van der Waals surface area contributed by atoms with Crippen molar-refractivity contribution >= 4 is 27.3 Å². The van der Waals surface area contributed by atoms with Gasteiger partial charge < -0.3 is 29.3 Å². The number of likely N-dealkylation sites (tertiary alicyclic amines) is 1. The van der Waals surface area contributed by atoms with Crippen LogP contribution in [0.15, 0.2) is 30.5 Å². The Morgan fingerprint density at radius 3 is 2.47 bits per heavy atom. The minimum Gasteiger partial charge on any atom is -0.497 e. The van der Waals surface area contributed by atoms with Gasteiger partial charge >= 0.3 is 0 Å². The Labute approximate surface area is 224 Å². The molecular weight excluding hydrogens is 510 g/mol. The molecule has 1 aromatic heterocycles. The Hall–Kier alpha value is -3.09. The lowest BCUT2D eigenvalue weighted by Crippen LogP contribution is -2.47. The van der Waals surface area contributed by atoms with Gasteiger partial charge in [0.15, 0.2) is 11.5 Å². The lowest BCUT2D eigenvalue weighted by molar-refractivity contribution is -0.117. The molecular formula is C26H37N5O6S. The van der Waals surface area contributed by atoms with Crippen molar-refractivity contribution in [2.75, 3.05) is 69.0 Å². The molecule has 0 bridgehead atoms. The van der Waals surface area contributed by atoms with Gasteiger partial charge in [-0.25, -0.2) is 8.42 Å². The fraction of sp³-hybridized carbons (Fsp3) is 0.538. The van der Waals surface area contributed by atoms with Crippen LogP contribution in [0.3, 0.4) is 0 Å². The summed E-state index contributed by atoms with van der Waals surface area (Å²) in [6.45, 7) is 6.55. The second-order valence-corrected chi connectivity index (χ2v) is 11.4. The minimum absolute atomic E-state index is 0.161. The summed E-state index contributed by atoms with van der Waals surface area (Å²) in [4.78, 5) is 20.4. The number of methoxy groups -OCH3 is 1. The maximum atomic E-state index is 12.0. The van der Waals surface area contributed by atoms with E-state index < -0.39 is 10.0 Å². The van der Waals surface area contributed by atoms with Crippen molar-refractivity contribution in [3.63, 3.8) is 0 Å². The average molecular weight is 548 g/mol. The molecule has 0 spiro atoms. The lowest BCUT2D eigenvalue weighted by Gasteiger charge is -2.35. The third kappa shape index (κ3) is 6.66. The number of likely N-dealkylation sites (N-methyl/N-ethyl adjacent to an activating group) is 1. The average Bonchev–Trinajstić information content (AvgIpc) is 2.91. The number of nitrogens with one attached hydrogen (secondary N) is 1. The molecule has 0 saturated carbocycles. The molecule has 1 N–H and O–H groups in total. The highest BCUT2D eigenvalue weighted by Gasteiger charge is 2.33. The molecule has 0 atom stereocenters. The second kappa shape index (κ2) is 12.2. The Balaban J connectivity index is 0.000000177. The predicted octanol–water partition coefficient (Wildman–Crippen LogP) is 1.86. The Morgan fingerprint density at radius 1 is 1.11 bits per heavy atom. The van der Waals surface area contributed by atoms with Crippen molar-refractivity contribution < 1.29 is 27.4 Å². The molecule has 3 aliphatic rings. The molecule has 208 valence electrons. The number of rotatable bonds is 6. The summed E-state index contributed by atoms with van der Waals surface area (Å²) in [5.74, 6) is 1.92. The van der Waals surface area contributed by atoms with Crippen molar-refractivity contribution in [1.29, 1.82) is 0 Å². The Morgan fingerprint density at radius 2 is 1.82 bits per heavy atom. The smallest absolute Gasteiger partial charge is 0.247 e. The monoisotopic (exact) mass is 547 g/mol. The number of pyridine rings is 1. The zero-order valence-corrected chi connectivity index (χ0v) is 23.3. The van der Waals surface area contributed by atoms with Crippen LogP contribution in [0.1, 0.15) is 25.5 Å². The quantitative estimate of drug-likeness (QED) is 0.579. The summed E-state index contributed by atoms with van der Waals surface area (Å²) in [6, 6.07) is 7.60. The normalized spacial score (nSPS) is 17.9. The van der Waals surface area contributed by atoms with E-state index in [9.17, 15) is 13.2 Å². The van der Waals surface area contributed by atoms with Crippen LogP contribution in [0.4, 0.5) is 11.4 Å². The first-order valence-corrected chi connectivity index (χ1v) is 14.7. The highest BCUT2D eigenvalue weighted by Crippen LogP contribution is 2.37. The zero-order chi connectivity index (χ0) is 27.3. The number of carbonyl (C=O) groups is 1. The fourth-order valence-electron chi connectivity index (χ4n) is 4.68. The number of sulfonamides is 1. The van der Waals surface area contributed by atoms with Gasteiger partial charge in [0.2, 0.25) is 15.9 Å². The van der Waals surface area contributed by atoms with Crippen molar-refractivity contribution in [2.45, 2.75) is 32.4 Å². The van der Waals surface area contributed by atoms with E-state index in [1.165, 1.54) is 33.0 Å². The lowest BCUT2D eigenvalue weighted by atomic mass is 10.1. The molecule has 1 amide bonds. The van der Waals surface area contributed by atoms with Crippen LogP contribution in [-0.4, -0.2) is 90.1 Å². The number of fused-ring (bicyclic) bond motifs is 2. The maximum absolute atomic E-state index is 12.0. The third-order valence-corrected chi connectivity index (χ3v) is 7.94. The molecule has 1 fully saturated rings. The van der Waals surface area contributed by atoms with Crippen molar-refractivity contribution in [1.82, 2.24) is 15.2 Å². The molecule has 2 aromatic rings. The SMILES string of the molecule is CCN1C(=O)CN(S(C)(=O)=O)c2ccc(OC)cc21.CN1CCC(NCc2cc3c(cn2)OCCO3)CC1. The Bertz CT molecular complexity index is 1230. The fourth-order valence-corrected chi connectivity index (χ4v) is 5.53. The first-order valence-electron chi connectivity index (χ1n) is 12.8. The number of nitrogens with zero attached hydrogens (tertiary/aromatic N) is 4. The number of ether oxygens (including phenoxy) is 3. The van der Waals surface area contributed by atoms with Crippen LogP contribution in [0.5, 0.6) is 17.2 Å². The van der Waals surface area contributed by atoms with Crippen molar-refractivity contribution in [2.24, 2.45) is 0 Å². The number of aromatic nitrogens is 1. The van der Waals surface area contributed by atoms with Gasteiger partial charge in [-0.05, 0) is 52.0 Å². The molecule has 4 heterocycles. The maximum Gasteiger partial charge on any atom is 0.247 e. The van der Waals surface area contributed by atoms with Gasteiger partial charge in [-0.2, -0.15) is 0 Å². The standard InChI is InChI=1S/C14H21N3O2.C12H16N2O4S/c1-17-4-2-11(3-5-17)15-9-12-8-13-14(10-16-12)19-7-6-18-13;1-4-13-11-7-9(18-2)5-6-10(11)14(8-12(13)15)19(3,16)17/h8,10-11,15H,2-7,9H2,1H3;5-7H,4,8H2,1-3H3. The largest absolute Gasteiger partial charge is 0.497 e. The second-order valence-electron chi connectivity index (χ2n) is 9.54. The molecule has 1 aromatic carbocycles. The van der Waals surface area contributed by atoms with E-state index >= 15 is 0 Å². The van der Waals surface area contributed by atoms with Crippen LogP contribution in [0.25, 0.3) is 0 Å². The molecule has 5 rings (SSSR count). The van der Waals surface area contributed by atoms with E-state index in [1.54, 1.807) is 29.3 Å². The highest BCUT2D eigenvalue weighted by atomic mass is 32.2. The first-order chi connectivity index (χ1) is 18.2. The van der Waals surface area contributed by atoms with E-state index in [1.807, 2.05) is 13.0 Å². The number of carbonyl (C=O) groups excluding carboxylic acids is 1. The van der Waals surface area contributed by atoms with E-state index in [4.69, 9.17) is 14.2 Å². The van der Waals surface area contributed by atoms with Crippen LogP contribution >= 0.6 is 0 Å². The topological polar surface area (TPSA) is 114 Å². The summed E-state index contributed by atoms with van der Waals surface area (Å²) >= 11 is 0. The summed E-state index contributed by atoms with van der Waals surface area (Å²) in [6.07, 6.45) is 5.28. The molecule has 12 heteroatoms. The summed E-state index contributed by atoms with van der Waals surface area (Å²) < 4.78 is 40.8. The van der Waals surface area contributed by atoms with E-state index in [2.05, 4.69) is 22.2 Å². The molecule has 38 heavy (non-hydrogen) atoms. The van der Waals surface area contributed by atoms with Crippen LogP contribution in [0.2, 0.25) is 0 Å². The highest BCUT2D eigenvalue weighted by molar-refractivity contribution is 7.92. The predicted molar refractivity (Wildman–Crippen MR) is 146 cm³/mol. The van der Waals surface area contributed by atoms with Crippen LogP contribution in [0, 0.1) is 0 Å². The number of hydrogen-bond acceptors (Lipinski definition) is 9. The van der Waals surface area contributed by atoms with E-state index in [0.717, 1.165) is 34.3 Å². The third-order valence-electron chi connectivity index (χ3n) is 6.82. The van der Waals surface area contributed by atoms with Crippen LogP contribution in [-0.2, 0) is 21.4 Å². The van der Waals surface area contributed by atoms with E-state index in [0.29, 0.717) is 42.9 Å².